The lowest BCUT2D eigenvalue weighted by atomic mass is 9.95. The van der Waals surface area contributed by atoms with Crippen LogP contribution in [0.4, 0.5) is 5.82 Å². The van der Waals surface area contributed by atoms with Gasteiger partial charge in [0.25, 0.3) is 0 Å². The van der Waals surface area contributed by atoms with Crippen LogP contribution in [0.3, 0.4) is 0 Å². The number of carboxylic acid groups (broad SMARTS) is 1. The smallest absolute Gasteiger partial charge is 0.303 e. The van der Waals surface area contributed by atoms with E-state index in [4.69, 9.17) is 5.11 Å². The molecule has 7 nitrogen and oxygen atoms in total. The van der Waals surface area contributed by atoms with Crippen LogP contribution in [0.25, 0.3) is 0 Å². The molecule has 1 N–H and O–H groups in total. The number of carbonyl (C=O) groups is 2. The summed E-state index contributed by atoms with van der Waals surface area (Å²) in [6.45, 7) is 2.51. The molecule has 0 radical (unpaired) electrons. The van der Waals surface area contributed by atoms with Crippen LogP contribution >= 0.6 is 0 Å². The molecule has 0 spiro atoms. The van der Waals surface area contributed by atoms with Gasteiger partial charge in [-0.1, -0.05) is 30.3 Å². The normalized spacial score (nSPS) is 14.6. The molecule has 0 atom stereocenters. The first kappa shape index (κ1) is 19.8. The second-order valence-corrected chi connectivity index (χ2v) is 7.07. The number of nitrogens with zero attached hydrogens (tertiary/aromatic N) is 4. The highest BCUT2D eigenvalue weighted by molar-refractivity contribution is 5.79. The fourth-order valence-corrected chi connectivity index (χ4v) is 3.56. The fourth-order valence-electron chi connectivity index (χ4n) is 3.56. The van der Waals surface area contributed by atoms with Crippen LogP contribution in [0.15, 0.2) is 48.9 Å². The number of benzene rings is 1. The summed E-state index contributed by atoms with van der Waals surface area (Å²) in [4.78, 5) is 36.4. The van der Waals surface area contributed by atoms with Gasteiger partial charge in [0.2, 0.25) is 5.91 Å². The van der Waals surface area contributed by atoms with E-state index in [-0.39, 0.29) is 18.2 Å². The number of amides is 1. The highest BCUT2D eigenvalue weighted by Gasteiger charge is 2.29. The van der Waals surface area contributed by atoms with E-state index in [0.29, 0.717) is 19.5 Å². The maximum Gasteiger partial charge on any atom is 0.303 e. The van der Waals surface area contributed by atoms with Gasteiger partial charge in [-0.15, -0.1) is 0 Å². The van der Waals surface area contributed by atoms with Crippen molar-refractivity contribution in [3.63, 3.8) is 0 Å². The Hall–Kier alpha value is -2.96. The minimum absolute atomic E-state index is 0.0403. The predicted octanol–water partition coefficient (Wildman–Crippen LogP) is 2.59. The monoisotopic (exact) mass is 382 g/mol. The second kappa shape index (κ2) is 9.82. The first-order chi connectivity index (χ1) is 13.6. The first-order valence-electron chi connectivity index (χ1n) is 9.69. The van der Waals surface area contributed by atoms with Crippen molar-refractivity contribution >= 4 is 17.7 Å². The molecule has 1 saturated heterocycles. The summed E-state index contributed by atoms with van der Waals surface area (Å²) in [6.07, 6.45) is 7.14. The van der Waals surface area contributed by atoms with Crippen molar-refractivity contribution in [1.82, 2.24) is 14.9 Å². The van der Waals surface area contributed by atoms with Gasteiger partial charge in [0, 0.05) is 50.9 Å². The molecule has 148 valence electrons. The van der Waals surface area contributed by atoms with Crippen LogP contribution in [0.5, 0.6) is 0 Å². The minimum Gasteiger partial charge on any atom is -0.481 e. The quantitative estimate of drug-likeness (QED) is 0.755. The summed E-state index contributed by atoms with van der Waals surface area (Å²) < 4.78 is 0. The number of aromatic nitrogens is 2. The molecule has 0 saturated carbocycles. The fraction of sp³-hybridized carbons (Fsp3) is 0.429. The Kier molecular flexibility index (Phi) is 6.94. The highest BCUT2D eigenvalue weighted by atomic mass is 16.4. The van der Waals surface area contributed by atoms with Gasteiger partial charge in [0.05, 0.1) is 6.20 Å². The number of anilines is 1. The van der Waals surface area contributed by atoms with E-state index in [1.807, 2.05) is 35.2 Å². The standard InChI is InChI=1S/C21H26N4O3/c26-20(27)7-4-12-25(16-17-5-2-1-3-6-17)21(28)18-8-13-24(14-9-18)19-15-22-10-11-23-19/h1-3,5-6,10-11,15,18H,4,7-9,12-14,16H2,(H,26,27). The zero-order valence-electron chi connectivity index (χ0n) is 15.9. The first-order valence-corrected chi connectivity index (χ1v) is 9.69. The molecule has 3 rings (SSSR count). The van der Waals surface area contributed by atoms with Crippen LogP contribution in [0.2, 0.25) is 0 Å². The van der Waals surface area contributed by atoms with Crippen LogP contribution < -0.4 is 4.90 Å². The van der Waals surface area contributed by atoms with E-state index >= 15 is 0 Å². The van der Waals surface area contributed by atoms with Gasteiger partial charge in [-0.25, -0.2) is 4.98 Å². The van der Waals surface area contributed by atoms with Crippen molar-refractivity contribution in [2.24, 2.45) is 5.92 Å². The maximum atomic E-state index is 13.2. The van der Waals surface area contributed by atoms with E-state index in [2.05, 4.69) is 14.9 Å². The summed E-state index contributed by atoms with van der Waals surface area (Å²) >= 11 is 0. The highest BCUT2D eigenvalue weighted by Crippen LogP contribution is 2.24. The SMILES string of the molecule is O=C(O)CCCN(Cc1ccccc1)C(=O)C1CCN(c2cnccn2)CC1. The molecule has 1 aromatic carbocycles. The summed E-state index contributed by atoms with van der Waals surface area (Å²) in [6, 6.07) is 9.84. The molecule has 0 bridgehead atoms. The molecule has 2 heterocycles. The van der Waals surface area contributed by atoms with Gasteiger partial charge in [-0.05, 0) is 24.8 Å². The third-order valence-electron chi connectivity index (χ3n) is 5.06. The zero-order valence-corrected chi connectivity index (χ0v) is 15.9. The second-order valence-electron chi connectivity index (χ2n) is 7.07. The van der Waals surface area contributed by atoms with Gasteiger partial charge in [-0.2, -0.15) is 0 Å². The topological polar surface area (TPSA) is 86.6 Å². The van der Waals surface area contributed by atoms with E-state index in [0.717, 1.165) is 37.3 Å². The molecule has 1 aliphatic rings. The molecule has 7 heteroatoms. The van der Waals surface area contributed by atoms with Gasteiger partial charge in [-0.3, -0.25) is 14.6 Å². The average Bonchev–Trinajstić information content (AvgIpc) is 2.74. The number of aliphatic carboxylic acids is 1. The molecule has 1 aromatic heterocycles. The number of hydrogen-bond donors (Lipinski definition) is 1. The van der Waals surface area contributed by atoms with Gasteiger partial charge < -0.3 is 14.9 Å². The van der Waals surface area contributed by atoms with E-state index in [9.17, 15) is 9.59 Å². The summed E-state index contributed by atoms with van der Waals surface area (Å²) in [7, 11) is 0. The largest absolute Gasteiger partial charge is 0.481 e. The molecule has 0 unspecified atom stereocenters. The van der Waals surface area contributed by atoms with Crippen molar-refractivity contribution in [1.29, 1.82) is 0 Å². The molecular weight excluding hydrogens is 356 g/mol. The Morgan fingerprint density at radius 3 is 2.54 bits per heavy atom. The number of carboxylic acids is 1. The third kappa shape index (κ3) is 5.52. The van der Waals surface area contributed by atoms with Crippen molar-refractivity contribution < 1.29 is 14.7 Å². The Morgan fingerprint density at radius 2 is 1.89 bits per heavy atom. The lowest BCUT2D eigenvalue weighted by molar-refractivity contribution is -0.139. The molecule has 1 fully saturated rings. The van der Waals surface area contributed by atoms with E-state index < -0.39 is 5.97 Å². The Labute approximate surface area is 165 Å². The van der Waals surface area contributed by atoms with Gasteiger partial charge >= 0.3 is 5.97 Å². The van der Waals surface area contributed by atoms with Crippen molar-refractivity contribution in [3.05, 3.63) is 54.5 Å². The van der Waals surface area contributed by atoms with Gasteiger partial charge in [0.15, 0.2) is 0 Å². The van der Waals surface area contributed by atoms with E-state index in [1.54, 1.807) is 18.6 Å². The number of hydrogen-bond acceptors (Lipinski definition) is 5. The van der Waals surface area contributed by atoms with Crippen LogP contribution in [-0.4, -0.2) is 51.5 Å². The van der Waals surface area contributed by atoms with Crippen LogP contribution in [0, 0.1) is 5.92 Å². The summed E-state index contributed by atoms with van der Waals surface area (Å²) in [5.74, 6) is 0.0925. The zero-order chi connectivity index (χ0) is 19.8. The van der Waals surface area contributed by atoms with Crippen LogP contribution in [-0.2, 0) is 16.1 Å². The van der Waals surface area contributed by atoms with Gasteiger partial charge in [0.1, 0.15) is 5.82 Å². The van der Waals surface area contributed by atoms with E-state index in [1.165, 1.54) is 0 Å². The number of rotatable bonds is 8. The Bertz CT molecular complexity index is 762. The summed E-state index contributed by atoms with van der Waals surface area (Å²) in [5.41, 5.74) is 1.06. The number of piperidine rings is 1. The number of carbonyl (C=O) groups excluding carboxylic acids is 1. The molecule has 1 aliphatic heterocycles. The maximum absolute atomic E-state index is 13.2. The molecule has 28 heavy (non-hydrogen) atoms. The minimum atomic E-state index is -0.829. The molecule has 0 aliphatic carbocycles. The van der Waals surface area contributed by atoms with Crippen molar-refractivity contribution in [2.75, 3.05) is 24.5 Å². The van der Waals surface area contributed by atoms with Crippen molar-refractivity contribution in [2.45, 2.75) is 32.2 Å². The lowest BCUT2D eigenvalue weighted by Gasteiger charge is -2.34. The summed E-state index contributed by atoms with van der Waals surface area (Å²) in [5, 5.41) is 8.92. The lowest BCUT2D eigenvalue weighted by Crippen LogP contribution is -2.43. The third-order valence-corrected chi connectivity index (χ3v) is 5.06. The molecule has 1 amide bonds. The predicted molar refractivity (Wildman–Crippen MR) is 106 cm³/mol. The molecule has 2 aromatic rings. The Balaban J connectivity index is 1.60. The van der Waals surface area contributed by atoms with Crippen molar-refractivity contribution in [3.8, 4) is 0 Å². The Morgan fingerprint density at radius 1 is 1.14 bits per heavy atom. The molecular formula is C21H26N4O3. The average molecular weight is 382 g/mol. The van der Waals surface area contributed by atoms with Crippen LogP contribution in [0.1, 0.15) is 31.2 Å².